The van der Waals surface area contributed by atoms with Crippen LogP contribution in [0.15, 0.2) is 5.38 Å². The number of amides is 1. The highest BCUT2D eigenvalue weighted by Gasteiger charge is 2.35. The fourth-order valence-electron chi connectivity index (χ4n) is 2.06. The zero-order chi connectivity index (χ0) is 12.5. The first-order valence-electron chi connectivity index (χ1n) is 5.92. The first-order valence-corrected chi connectivity index (χ1v) is 6.80. The highest BCUT2D eigenvalue weighted by atomic mass is 32.1. The molecule has 1 aromatic heterocycles. The van der Waals surface area contributed by atoms with Crippen molar-refractivity contribution >= 4 is 17.2 Å². The molecule has 2 rings (SSSR count). The molecule has 17 heavy (non-hydrogen) atoms. The van der Waals surface area contributed by atoms with Gasteiger partial charge in [-0.3, -0.25) is 4.79 Å². The summed E-state index contributed by atoms with van der Waals surface area (Å²) in [4.78, 5) is 18.1. The number of rotatable bonds is 4. The summed E-state index contributed by atoms with van der Waals surface area (Å²) in [5, 5.41) is 3.04. The second-order valence-corrected chi connectivity index (χ2v) is 6.06. The van der Waals surface area contributed by atoms with Crippen LogP contribution in [0.1, 0.15) is 36.4 Å². The van der Waals surface area contributed by atoms with Crippen LogP contribution in [0.4, 0.5) is 0 Å². The predicted octanol–water partition coefficient (Wildman–Crippen LogP) is 1.68. The SMILES string of the molecule is Cc1nc(CN(C)C(=O)CC2(N)CCC2)cs1. The van der Waals surface area contributed by atoms with Crippen molar-refractivity contribution in [2.45, 2.75) is 44.7 Å². The summed E-state index contributed by atoms with van der Waals surface area (Å²) in [7, 11) is 1.82. The van der Waals surface area contributed by atoms with Gasteiger partial charge in [0.05, 0.1) is 17.2 Å². The third-order valence-corrected chi connectivity index (χ3v) is 4.17. The lowest BCUT2D eigenvalue weighted by Gasteiger charge is -2.38. The highest BCUT2D eigenvalue weighted by Crippen LogP contribution is 2.32. The summed E-state index contributed by atoms with van der Waals surface area (Å²) >= 11 is 1.61. The van der Waals surface area contributed by atoms with Crippen LogP contribution in [0.3, 0.4) is 0 Å². The van der Waals surface area contributed by atoms with E-state index in [-0.39, 0.29) is 11.4 Å². The maximum absolute atomic E-state index is 12.0. The van der Waals surface area contributed by atoms with Crippen molar-refractivity contribution in [3.63, 3.8) is 0 Å². The molecule has 1 aliphatic carbocycles. The van der Waals surface area contributed by atoms with Crippen LogP contribution in [0, 0.1) is 6.92 Å². The number of carbonyl (C=O) groups excluding carboxylic acids is 1. The third-order valence-electron chi connectivity index (χ3n) is 3.34. The summed E-state index contributed by atoms with van der Waals surface area (Å²) in [6.45, 7) is 2.55. The van der Waals surface area contributed by atoms with Gasteiger partial charge in [0.25, 0.3) is 0 Å². The summed E-state index contributed by atoms with van der Waals surface area (Å²) in [6, 6.07) is 0. The van der Waals surface area contributed by atoms with E-state index in [1.165, 1.54) is 0 Å². The minimum absolute atomic E-state index is 0.123. The van der Waals surface area contributed by atoms with Crippen molar-refractivity contribution in [3.8, 4) is 0 Å². The van der Waals surface area contributed by atoms with Gasteiger partial charge in [0, 0.05) is 24.4 Å². The Kier molecular flexibility index (Phi) is 3.49. The smallest absolute Gasteiger partial charge is 0.224 e. The van der Waals surface area contributed by atoms with E-state index in [9.17, 15) is 4.79 Å². The molecule has 2 N–H and O–H groups in total. The molecule has 4 nitrogen and oxygen atoms in total. The molecule has 1 fully saturated rings. The molecule has 1 saturated carbocycles. The highest BCUT2D eigenvalue weighted by molar-refractivity contribution is 7.09. The van der Waals surface area contributed by atoms with Gasteiger partial charge in [-0.25, -0.2) is 4.98 Å². The Bertz CT molecular complexity index is 412. The van der Waals surface area contributed by atoms with Gasteiger partial charge in [-0.05, 0) is 26.2 Å². The molecular weight excluding hydrogens is 234 g/mol. The lowest BCUT2D eigenvalue weighted by atomic mass is 9.75. The molecule has 0 bridgehead atoms. The number of carbonyl (C=O) groups is 1. The first kappa shape index (κ1) is 12.5. The van der Waals surface area contributed by atoms with Gasteiger partial charge >= 0.3 is 0 Å². The molecule has 1 heterocycles. The summed E-state index contributed by atoms with van der Waals surface area (Å²) in [5.74, 6) is 0.123. The van der Waals surface area contributed by atoms with E-state index in [1.807, 2.05) is 19.4 Å². The van der Waals surface area contributed by atoms with Crippen LogP contribution in [0.25, 0.3) is 0 Å². The average Bonchev–Trinajstić information content (AvgIpc) is 2.61. The molecule has 1 amide bonds. The van der Waals surface area contributed by atoms with Crippen LogP contribution in [0.2, 0.25) is 0 Å². The molecule has 0 aromatic carbocycles. The Balaban J connectivity index is 1.86. The lowest BCUT2D eigenvalue weighted by molar-refractivity contribution is -0.132. The Labute approximate surface area is 106 Å². The molecule has 94 valence electrons. The van der Waals surface area contributed by atoms with E-state index in [4.69, 9.17) is 5.73 Å². The van der Waals surface area contributed by atoms with Crippen LogP contribution in [-0.2, 0) is 11.3 Å². The summed E-state index contributed by atoms with van der Waals surface area (Å²) in [5.41, 5.74) is 6.81. The van der Waals surface area contributed by atoms with Gasteiger partial charge in [-0.15, -0.1) is 11.3 Å². The molecule has 0 saturated heterocycles. The molecule has 0 aliphatic heterocycles. The van der Waals surface area contributed by atoms with Crippen molar-refractivity contribution in [3.05, 3.63) is 16.1 Å². The van der Waals surface area contributed by atoms with Crippen molar-refractivity contribution in [2.75, 3.05) is 7.05 Å². The minimum Gasteiger partial charge on any atom is -0.340 e. The first-order chi connectivity index (χ1) is 7.98. The number of thiazole rings is 1. The molecule has 0 atom stereocenters. The largest absolute Gasteiger partial charge is 0.340 e. The molecule has 1 aromatic rings. The molecule has 0 radical (unpaired) electrons. The Hall–Kier alpha value is -0.940. The second-order valence-electron chi connectivity index (χ2n) is 5.00. The average molecular weight is 253 g/mol. The fourth-order valence-corrected chi connectivity index (χ4v) is 2.66. The van der Waals surface area contributed by atoms with Gasteiger partial charge < -0.3 is 10.6 Å². The fraction of sp³-hybridized carbons (Fsp3) is 0.667. The van der Waals surface area contributed by atoms with Crippen molar-refractivity contribution in [1.82, 2.24) is 9.88 Å². The van der Waals surface area contributed by atoms with Gasteiger partial charge in [0.1, 0.15) is 0 Å². The van der Waals surface area contributed by atoms with E-state index in [0.29, 0.717) is 13.0 Å². The normalized spacial score (nSPS) is 17.6. The maximum Gasteiger partial charge on any atom is 0.224 e. The van der Waals surface area contributed by atoms with Gasteiger partial charge in [-0.2, -0.15) is 0 Å². The van der Waals surface area contributed by atoms with Crippen LogP contribution in [0.5, 0.6) is 0 Å². The Morgan fingerprint density at radius 3 is 2.82 bits per heavy atom. The standard InChI is InChI=1S/C12H19N3OS/c1-9-14-10(8-17-9)7-15(2)11(16)6-12(13)4-3-5-12/h8H,3-7,13H2,1-2H3. The van der Waals surface area contributed by atoms with E-state index < -0.39 is 0 Å². The second kappa shape index (κ2) is 4.74. The van der Waals surface area contributed by atoms with Gasteiger partial charge in [-0.1, -0.05) is 0 Å². The van der Waals surface area contributed by atoms with Crippen LogP contribution < -0.4 is 5.73 Å². The van der Waals surface area contributed by atoms with Crippen LogP contribution in [-0.4, -0.2) is 28.4 Å². The maximum atomic E-state index is 12.0. The van der Waals surface area contributed by atoms with E-state index in [2.05, 4.69) is 4.98 Å². The lowest BCUT2D eigenvalue weighted by Crippen LogP contribution is -2.50. The zero-order valence-corrected chi connectivity index (χ0v) is 11.2. The predicted molar refractivity (Wildman–Crippen MR) is 68.7 cm³/mol. The number of hydrogen-bond acceptors (Lipinski definition) is 4. The van der Waals surface area contributed by atoms with Crippen molar-refractivity contribution in [1.29, 1.82) is 0 Å². The third kappa shape index (κ3) is 3.04. The molecule has 1 aliphatic rings. The topological polar surface area (TPSA) is 59.2 Å². The van der Waals surface area contributed by atoms with E-state index in [1.54, 1.807) is 16.2 Å². The number of aryl methyl sites for hydroxylation is 1. The number of aromatic nitrogens is 1. The van der Waals surface area contributed by atoms with Gasteiger partial charge in [0.2, 0.25) is 5.91 Å². The van der Waals surface area contributed by atoms with E-state index in [0.717, 1.165) is 30.0 Å². The quantitative estimate of drug-likeness (QED) is 0.888. The van der Waals surface area contributed by atoms with Gasteiger partial charge in [0.15, 0.2) is 0 Å². The van der Waals surface area contributed by atoms with Crippen molar-refractivity contribution in [2.24, 2.45) is 5.73 Å². The number of nitrogens with zero attached hydrogens (tertiary/aromatic N) is 2. The molecule has 5 heteroatoms. The molecule has 0 spiro atoms. The number of nitrogens with two attached hydrogens (primary N) is 1. The zero-order valence-electron chi connectivity index (χ0n) is 10.4. The van der Waals surface area contributed by atoms with E-state index >= 15 is 0 Å². The molecule has 0 unspecified atom stereocenters. The van der Waals surface area contributed by atoms with Crippen molar-refractivity contribution < 1.29 is 4.79 Å². The van der Waals surface area contributed by atoms with Crippen LogP contribution >= 0.6 is 11.3 Å². The minimum atomic E-state index is -0.233. The summed E-state index contributed by atoms with van der Waals surface area (Å²) < 4.78 is 0. The summed E-state index contributed by atoms with van der Waals surface area (Å²) in [6.07, 6.45) is 3.57. The monoisotopic (exact) mass is 253 g/mol. The Morgan fingerprint density at radius 2 is 2.35 bits per heavy atom. The molecular formula is C12H19N3OS. The Morgan fingerprint density at radius 1 is 1.65 bits per heavy atom. The number of hydrogen-bond donors (Lipinski definition) is 1.